The van der Waals surface area contributed by atoms with Gasteiger partial charge in [-0.25, -0.2) is 29.9 Å². The number of rotatable bonds is 10. The van der Waals surface area contributed by atoms with Gasteiger partial charge in [0, 0.05) is 32.4 Å². The van der Waals surface area contributed by atoms with Crippen LogP contribution in [0.2, 0.25) is 0 Å². The van der Waals surface area contributed by atoms with Gasteiger partial charge in [-0.3, -0.25) is 9.59 Å². The van der Waals surface area contributed by atoms with Crippen LogP contribution in [0.4, 0.5) is 0 Å². The standard InChI is InChI=1S/C28H16Cl12N6O3S2/c29-25(30,31)21-41-19(42-22(45-21)26(32,33)34)13-1-5-15(6-2-13)50-11-9-17(47)49-18(48)10-12-51-16-7-3-14(4-8-16)20-43-23(27(35,36)37)46-24(44-20)28(38,39)40/h1-8H,9-12H2. The highest BCUT2D eigenvalue weighted by Crippen LogP contribution is 2.42. The first-order valence-corrected chi connectivity index (χ1v) is 20.1. The average molecular weight is 974 g/mol. The molecule has 0 fully saturated rings. The Morgan fingerprint density at radius 1 is 0.471 bits per heavy atom. The predicted octanol–water partition coefficient (Wildman–Crippen LogP) is 11.4. The Bertz CT molecular complexity index is 1670. The Hall–Kier alpha value is -0.220. The molecule has 9 nitrogen and oxygen atoms in total. The van der Waals surface area contributed by atoms with Gasteiger partial charge in [0.1, 0.15) is 0 Å². The molecule has 0 radical (unpaired) electrons. The third kappa shape index (κ3) is 13.5. The minimum atomic E-state index is -1.99. The summed E-state index contributed by atoms with van der Waals surface area (Å²) in [4.78, 5) is 50.8. The summed E-state index contributed by atoms with van der Waals surface area (Å²) in [6, 6.07) is 13.9. The highest BCUT2D eigenvalue weighted by atomic mass is 35.6. The number of benzene rings is 2. The maximum atomic E-state index is 12.3. The molecule has 0 aliphatic rings. The number of esters is 2. The molecule has 0 saturated carbocycles. The third-order valence-corrected chi connectivity index (χ3v) is 9.94. The fourth-order valence-corrected chi connectivity index (χ4v) is 6.33. The maximum absolute atomic E-state index is 12.3. The summed E-state index contributed by atoms with van der Waals surface area (Å²) in [5, 5.41) is 0. The topological polar surface area (TPSA) is 121 Å². The van der Waals surface area contributed by atoms with E-state index in [9.17, 15) is 9.59 Å². The lowest BCUT2D eigenvalue weighted by atomic mass is 10.2. The van der Waals surface area contributed by atoms with E-state index in [0.29, 0.717) is 22.6 Å². The molecular formula is C28H16Cl12N6O3S2. The zero-order chi connectivity index (χ0) is 37.8. The molecule has 0 amide bonds. The molecule has 23 heteroatoms. The molecule has 4 aromatic rings. The van der Waals surface area contributed by atoms with Gasteiger partial charge in [0.15, 0.2) is 34.9 Å². The lowest BCUT2D eigenvalue weighted by Gasteiger charge is -2.15. The summed E-state index contributed by atoms with van der Waals surface area (Å²) in [5.41, 5.74) is 1.06. The van der Waals surface area contributed by atoms with E-state index in [2.05, 4.69) is 29.9 Å². The molecule has 0 aliphatic carbocycles. The lowest BCUT2D eigenvalue weighted by Crippen LogP contribution is -2.16. The third-order valence-electron chi connectivity index (χ3n) is 5.89. The number of nitrogens with zero attached hydrogens (tertiary/aromatic N) is 6. The highest BCUT2D eigenvalue weighted by Gasteiger charge is 2.35. The maximum Gasteiger partial charge on any atom is 0.314 e. The second-order valence-electron chi connectivity index (χ2n) is 9.70. The number of carbonyl (C=O) groups is 2. The number of aromatic nitrogens is 6. The van der Waals surface area contributed by atoms with Crippen LogP contribution in [-0.4, -0.2) is 53.3 Å². The van der Waals surface area contributed by atoms with E-state index in [1.807, 2.05) is 0 Å². The van der Waals surface area contributed by atoms with Gasteiger partial charge in [0.25, 0.3) is 0 Å². The van der Waals surface area contributed by atoms with Crippen LogP contribution in [0.5, 0.6) is 0 Å². The summed E-state index contributed by atoms with van der Waals surface area (Å²) < 4.78 is -2.99. The molecule has 51 heavy (non-hydrogen) atoms. The Morgan fingerprint density at radius 2 is 0.745 bits per heavy atom. The van der Waals surface area contributed by atoms with Crippen molar-refractivity contribution in [3.8, 4) is 22.8 Å². The molecule has 2 heterocycles. The van der Waals surface area contributed by atoms with Crippen molar-refractivity contribution in [3.63, 3.8) is 0 Å². The lowest BCUT2D eigenvalue weighted by molar-refractivity contribution is -0.159. The van der Waals surface area contributed by atoms with Gasteiger partial charge in [-0.1, -0.05) is 163 Å². The van der Waals surface area contributed by atoms with Crippen LogP contribution in [0, 0.1) is 0 Å². The number of thioether (sulfide) groups is 2. The number of hydrogen-bond acceptors (Lipinski definition) is 11. The van der Waals surface area contributed by atoms with Crippen molar-refractivity contribution >= 4 is 175 Å². The summed E-state index contributed by atoms with van der Waals surface area (Å²) in [6.07, 6.45) is -0.00693. The largest absolute Gasteiger partial charge is 0.393 e. The van der Waals surface area contributed by atoms with E-state index in [1.165, 1.54) is 23.5 Å². The van der Waals surface area contributed by atoms with Crippen LogP contribution in [-0.2, 0) is 29.5 Å². The van der Waals surface area contributed by atoms with Crippen molar-refractivity contribution in [1.29, 1.82) is 0 Å². The summed E-state index contributed by atoms with van der Waals surface area (Å²) in [7, 11) is 0. The van der Waals surface area contributed by atoms with Crippen molar-refractivity contribution in [2.24, 2.45) is 0 Å². The van der Waals surface area contributed by atoms with Crippen LogP contribution in [0.25, 0.3) is 22.8 Å². The first kappa shape index (κ1) is 43.5. The zero-order valence-electron chi connectivity index (χ0n) is 24.7. The first-order valence-electron chi connectivity index (χ1n) is 13.6. The van der Waals surface area contributed by atoms with Crippen molar-refractivity contribution < 1.29 is 14.3 Å². The monoisotopic (exact) mass is 968 g/mol. The Balaban J connectivity index is 1.24. The van der Waals surface area contributed by atoms with Crippen LogP contribution >= 0.6 is 163 Å². The minimum Gasteiger partial charge on any atom is -0.393 e. The molecule has 0 N–H and O–H groups in total. The van der Waals surface area contributed by atoms with Crippen molar-refractivity contribution in [2.45, 2.75) is 37.8 Å². The van der Waals surface area contributed by atoms with Crippen LogP contribution < -0.4 is 0 Å². The van der Waals surface area contributed by atoms with Crippen molar-refractivity contribution in [3.05, 3.63) is 71.8 Å². The molecule has 0 aliphatic heterocycles. The second-order valence-corrected chi connectivity index (χ2v) is 21.2. The Morgan fingerprint density at radius 3 is 1.00 bits per heavy atom. The number of alkyl halides is 12. The molecule has 0 atom stereocenters. The number of carbonyl (C=O) groups excluding carboxylic acids is 2. The molecule has 0 saturated heterocycles. The van der Waals surface area contributed by atoms with E-state index >= 15 is 0 Å². The smallest absolute Gasteiger partial charge is 0.314 e. The van der Waals surface area contributed by atoms with Crippen molar-refractivity contribution in [1.82, 2.24) is 29.9 Å². The van der Waals surface area contributed by atoms with Gasteiger partial charge in [0.05, 0.1) is 12.8 Å². The molecule has 2 aromatic heterocycles. The fourth-order valence-electron chi connectivity index (χ4n) is 3.65. The quantitative estimate of drug-likeness (QED) is 0.0653. The van der Waals surface area contributed by atoms with E-state index in [4.69, 9.17) is 144 Å². The SMILES string of the molecule is O=C(CCSc1ccc(-c2nc(C(Cl)(Cl)Cl)nc(C(Cl)(Cl)Cl)n2)cc1)OC(=O)CCSc1ccc(-c2nc(C(Cl)(Cl)Cl)nc(C(Cl)(Cl)Cl)n2)cc1. The highest BCUT2D eigenvalue weighted by molar-refractivity contribution is 7.99. The Kier molecular flexibility index (Phi) is 15.5. The first-order chi connectivity index (χ1) is 23.6. The van der Waals surface area contributed by atoms with Gasteiger partial charge >= 0.3 is 11.9 Å². The van der Waals surface area contributed by atoms with Crippen LogP contribution in [0.15, 0.2) is 58.3 Å². The molecule has 0 unspecified atom stereocenters. The summed E-state index contributed by atoms with van der Waals surface area (Å²) >= 11 is 74.0. The molecule has 2 aromatic carbocycles. The minimum absolute atomic E-state index is 0.00347. The van der Waals surface area contributed by atoms with Gasteiger partial charge in [-0.05, 0) is 24.3 Å². The van der Waals surface area contributed by atoms with Gasteiger partial charge in [-0.15, -0.1) is 23.5 Å². The summed E-state index contributed by atoms with van der Waals surface area (Å²) in [5.74, 6) is -1.22. The number of halogens is 12. The molecule has 0 spiro atoms. The van der Waals surface area contributed by atoms with Crippen molar-refractivity contribution in [2.75, 3.05) is 11.5 Å². The second kappa shape index (κ2) is 18.2. The van der Waals surface area contributed by atoms with E-state index in [1.54, 1.807) is 48.5 Å². The van der Waals surface area contributed by atoms with Gasteiger partial charge in [0.2, 0.25) is 15.2 Å². The number of hydrogen-bond donors (Lipinski definition) is 0. The van der Waals surface area contributed by atoms with E-state index < -0.39 is 27.1 Å². The summed E-state index contributed by atoms with van der Waals surface area (Å²) in [6.45, 7) is 0. The Labute approximate surface area is 359 Å². The normalized spacial score (nSPS) is 12.5. The molecule has 0 bridgehead atoms. The van der Waals surface area contributed by atoms with E-state index in [0.717, 1.165) is 9.79 Å². The molecule has 272 valence electrons. The number of ether oxygens (including phenoxy) is 1. The average Bonchev–Trinajstić information content (AvgIpc) is 3.03. The molecule has 4 rings (SSSR count). The van der Waals surface area contributed by atoms with Crippen LogP contribution in [0.3, 0.4) is 0 Å². The molecular weight excluding hydrogens is 958 g/mol. The van der Waals surface area contributed by atoms with Crippen LogP contribution in [0.1, 0.15) is 36.1 Å². The van der Waals surface area contributed by atoms with Gasteiger partial charge < -0.3 is 4.74 Å². The van der Waals surface area contributed by atoms with Gasteiger partial charge in [-0.2, -0.15) is 0 Å². The predicted molar refractivity (Wildman–Crippen MR) is 209 cm³/mol. The zero-order valence-corrected chi connectivity index (χ0v) is 35.4. The fraction of sp³-hybridized carbons (Fsp3) is 0.286. The van der Waals surface area contributed by atoms with E-state index in [-0.39, 0.29) is 47.8 Å².